The lowest BCUT2D eigenvalue weighted by Gasteiger charge is -2.03. The maximum absolute atomic E-state index is 5.36. The molecule has 3 heteroatoms. The topological polar surface area (TPSA) is 34.7 Å². The van der Waals surface area contributed by atoms with Crippen LogP contribution < -0.4 is 0 Å². The summed E-state index contributed by atoms with van der Waals surface area (Å²) in [6, 6.07) is 13.8. The van der Waals surface area contributed by atoms with Crippen molar-refractivity contribution in [1.82, 2.24) is 0 Å². The number of hydrogen-bond acceptors (Lipinski definition) is 3. The minimum atomic E-state index is -0.0785. The van der Waals surface area contributed by atoms with Crippen molar-refractivity contribution in [2.75, 3.05) is 0 Å². The van der Waals surface area contributed by atoms with Gasteiger partial charge in [-0.05, 0) is 17.7 Å². The SMILES string of the molecule is c1ccc(C2=NOC(c3ccco3)C2)cc1. The number of furan rings is 1. The fourth-order valence-electron chi connectivity index (χ4n) is 1.81. The van der Waals surface area contributed by atoms with Gasteiger partial charge in [0.05, 0.1) is 12.0 Å². The summed E-state index contributed by atoms with van der Waals surface area (Å²) in [5.74, 6) is 0.828. The maximum atomic E-state index is 5.36. The van der Waals surface area contributed by atoms with Crippen molar-refractivity contribution >= 4 is 5.71 Å². The van der Waals surface area contributed by atoms with Crippen LogP contribution in [0.15, 0.2) is 58.3 Å². The maximum Gasteiger partial charge on any atom is 0.190 e. The van der Waals surface area contributed by atoms with E-state index in [2.05, 4.69) is 5.16 Å². The normalized spacial score (nSPS) is 19.2. The van der Waals surface area contributed by atoms with Crippen LogP contribution in [0.4, 0.5) is 0 Å². The molecule has 0 amide bonds. The molecule has 1 unspecified atom stereocenters. The quantitative estimate of drug-likeness (QED) is 0.768. The van der Waals surface area contributed by atoms with Crippen molar-refractivity contribution in [3.63, 3.8) is 0 Å². The van der Waals surface area contributed by atoms with E-state index in [-0.39, 0.29) is 6.10 Å². The molecule has 0 bridgehead atoms. The number of oxime groups is 1. The first-order valence-corrected chi connectivity index (χ1v) is 5.25. The van der Waals surface area contributed by atoms with Crippen LogP contribution in [-0.2, 0) is 4.84 Å². The first-order valence-electron chi connectivity index (χ1n) is 5.25. The fourth-order valence-corrected chi connectivity index (χ4v) is 1.81. The minimum absolute atomic E-state index is 0.0785. The number of rotatable bonds is 2. The Kier molecular flexibility index (Phi) is 2.22. The van der Waals surface area contributed by atoms with Gasteiger partial charge in [-0.1, -0.05) is 35.5 Å². The van der Waals surface area contributed by atoms with Gasteiger partial charge in [0, 0.05) is 6.42 Å². The van der Waals surface area contributed by atoms with E-state index in [1.807, 2.05) is 42.5 Å². The van der Waals surface area contributed by atoms with Gasteiger partial charge in [0.2, 0.25) is 0 Å². The zero-order valence-corrected chi connectivity index (χ0v) is 8.67. The summed E-state index contributed by atoms with van der Waals surface area (Å²) in [5, 5.41) is 4.10. The highest BCUT2D eigenvalue weighted by molar-refractivity contribution is 6.01. The first-order chi connectivity index (χ1) is 7.93. The molecule has 0 fully saturated rings. The van der Waals surface area contributed by atoms with Crippen LogP contribution in [0, 0.1) is 0 Å². The van der Waals surface area contributed by atoms with Gasteiger partial charge in [-0.3, -0.25) is 0 Å². The monoisotopic (exact) mass is 213 g/mol. The van der Waals surface area contributed by atoms with Gasteiger partial charge in [-0.2, -0.15) is 0 Å². The Morgan fingerprint density at radius 2 is 1.94 bits per heavy atom. The number of hydrogen-bond donors (Lipinski definition) is 0. The van der Waals surface area contributed by atoms with Crippen molar-refractivity contribution in [3.05, 3.63) is 60.1 Å². The summed E-state index contributed by atoms with van der Waals surface area (Å²) in [4.78, 5) is 5.36. The Morgan fingerprint density at radius 3 is 2.69 bits per heavy atom. The van der Waals surface area contributed by atoms with Crippen LogP contribution in [0.3, 0.4) is 0 Å². The van der Waals surface area contributed by atoms with Gasteiger partial charge in [0.1, 0.15) is 5.76 Å². The van der Waals surface area contributed by atoms with Gasteiger partial charge >= 0.3 is 0 Å². The van der Waals surface area contributed by atoms with E-state index in [0.717, 1.165) is 23.5 Å². The molecule has 3 rings (SSSR count). The lowest BCUT2D eigenvalue weighted by molar-refractivity contribution is 0.0689. The molecule has 0 saturated heterocycles. The summed E-state index contributed by atoms with van der Waals surface area (Å²) in [5.41, 5.74) is 2.08. The predicted octanol–water partition coefficient (Wildman–Crippen LogP) is 3.15. The Bertz CT molecular complexity index is 488. The standard InChI is InChI=1S/C13H11NO2/c1-2-5-10(6-3-1)11-9-13(16-14-11)12-7-4-8-15-12/h1-8,13H,9H2. The molecule has 1 aliphatic heterocycles. The lowest BCUT2D eigenvalue weighted by atomic mass is 10.0. The molecule has 1 aromatic carbocycles. The highest BCUT2D eigenvalue weighted by Gasteiger charge is 2.25. The largest absolute Gasteiger partial charge is 0.465 e. The van der Waals surface area contributed by atoms with Gasteiger partial charge < -0.3 is 9.25 Å². The first kappa shape index (κ1) is 9.21. The molecule has 2 heterocycles. The highest BCUT2D eigenvalue weighted by Crippen LogP contribution is 2.29. The van der Waals surface area contributed by atoms with E-state index in [9.17, 15) is 0 Å². The zero-order valence-electron chi connectivity index (χ0n) is 8.67. The van der Waals surface area contributed by atoms with E-state index in [0.29, 0.717) is 0 Å². The molecular formula is C13H11NO2. The summed E-state index contributed by atoms with van der Waals surface area (Å²) in [7, 11) is 0. The third-order valence-electron chi connectivity index (χ3n) is 2.64. The molecule has 3 nitrogen and oxygen atoms in total. The van der Waals surface area contributed by atoms with E-state index in [1.165, 1.54) is 0 Å². The summed E-state index contributed by atoms with van der Waals surface area (Å²) >= 11 is 0. The van der Waals surface area contributed by atoms with Gasteiger partial charge in [0.25, 0.3) is 0 Å². The molecule has 1 atom stereocenters. The Labute approximate surface area is 93.3 Å². The molecule has 1 aromatic heterocycles. The Balaban J connectivity index is 1.78. The van der Waals surface area contributed by atoms with Crippen molar-refractivity contribution in [1.29, 1.82) is 0 Å². The average Bonchev–Trinajstić information content (AvgIpc) is 3.01. The minimum Gasteiger partial charge on any atom is -0.465 e. The zero-order chi connectivity index (χ0) is 10.8. The van der Waals surface area contributed by atoms with E-state index in [4.69, 9.17) is 9.25 Å². The summed E-state index contributed by atoms with van der Waals surface area (Å²) < 4.78 is 5.30. The molecule has 80 valence electrons. The van der Waals surface area contributed by atoms with Crippen LogP contribution in [0.1, 0.15) is 23.8 Å². The van der Waals surface area contributed by atoms with Crippen molar-refractivity contribution < 1.29 is 9.25 Å². The summed E-state index contributed by atoms with van der Waals surface area (Å²) in [6.07, 6.45) is 2.33. The number of nitrogens with zero attached hydrogens (tertiary/aromatic N) is 1. The van der Waals surface area contributed by atoms with Crippen LogP contribution in [0.25, 0.3) is 0 Å². The molecular weight excluding hydrogens is 202 g/mol. The van der Waals surface area contributed by atoms with Crippen molar-refractivity contribution in [2.24, 2.45) is 5.16 Å². The molecule has 0 radical (unpaired) electrons. The average molecular weight is 213 g/mol. The van der Waals surface area contributed by atoms with E-state index >= 15 is 0 Å². The van der Waals surface area contributed by atoms with E-state index in [1.54, 1.807) is 6.26 Å². The second-order valence-corrected chi connectivity index (χ2v) is 3.72. The number of benzene rings is 1. The second-order valence-electron chi connectivity index (χ2n) is 3.72. The molecule has 2 aromatic rings. The van der Waals surface area contributed by atoms with E-state index < -0.39 is 0 Å². The van der Waals surface area contributed by atoms with Crippen LogP contribution in [0.5, 0.6) is 0 Å². The van der Waals surface area contributed by atoms with Crippen LogP contribution in [-0.4, -0.2) is 5.71 Å². The van der Waals surface area contributed by atoms with Gasteiger partial charge in [-0.25, -0.2) is 0 Å². The smallest absolute Gasteiger partial charge is 0.190 e. The molecule has 0 spiro atoms. The molecule has 0 N–H and O–H groups in total. The fraction of sp³-hybridized carbons (Fsp3) is 0.154. The second kappa shape index (κ2) is 3.85. The lowest BCUT2D eigenvalue weighted by Crippen LogP contribution is -2.00. The molecule has 1 aliphatic rings. The van der Waals surface area contributed by atoms with Crippen molar-refractivity contribution in [2.45, 2.75) is 12.5 Å². The third kappa shape index (κ3) is 1.60. The Morgan fingerprint density at radius 1 is 1.06 bits per heavy atom. The Hall–Kier alpha value is -2.03. The molecule has 16 heavy (non-hydrogen) atoms. The van der Waals surface area contributed by atoms with Crippen LogP contribution in [0.2, 0.25) is 0 Å². The molecule has 0 aliphatic carbocycles. The van der Waals surface area contributed by atoms with Gasteiger partial charge in [0.15, 0.2) is 6.10 Å². The van der Waals surface area contributed by atoms with Gasteiger partial charge in [-0.15, -0.1) is 0 Å². The molecule has 0 saturated carbocycles. The van der Waals surface area contributed by atoms with Crippen LogP contribution >= 0.6 is 0 Å². The summed E-state index contributed by atoms with van der Waals surface area (Å²) in [6.45, 7) is 0. The predicted molar refractivity (Wildman–Crippen MR) is 60.1 cm³/mol. The van der Waals surface area contributed by atoms with Crippen molar-refractivity contribution in [3.8, 4) is 0 Å². The highest BCUT2D eigenvalue weighted by atomic mass is 16.6. The third-order valence-corrected chi connectivity index (χ3v) is 2.64.